The first-order valence-corrected chi connectivity index (χ1v) is 9.96. The lowest BCUT2D eigenvalue weighted by Crippen LogP contribution is -2.27. The van der Waals surface area contributed by atoms with Gasteiger partial charge in [-0.05, 0) is 50.5 Å². The zero-order valence-electron chi connectivity index (χ0n) is 18.0. The van der Waals surface area contributed by atoms with Crippen LogP contribution in [0, 0.1) is 11.3 Å². The van der Waals surface area contributed by atoms with E-state index in [2.05, 4.69) is 56.1 Å². The molecule has 0 aliphatic heterocycles. The van der Waals surface area contributed by atoms with Gasteiger partial charge in [-0.1, -0.05) is 51.1 Å². The largest absolute Gasteiger partial charge is 0.456 e. The van der Waals surface area contributed by atoms with E-state index in [1.165, 1.54) is 5.56 Å². The number of nitrogens with zero attached hydrogens (tertiary/aromatic N) is 1. The van der Waals surface area contributed by atoms with Crippen molar-refractivity contribution in [2.45, 2.75) is 59.0 Å². The highest BCUT2D eigenvalue weighted by Gasteiger charge is 2.33. The van der Waals surface area contributed by atoms with E-state index in [1.807, 2.05) is 26.8 Å². The molecular weight excluding hydrogens is 360 g/mol. The quantitative estimate of drug-likeness (QED) is 0.567. The minimum Gasteiger partial charge on any atom is -0.456 e. The number of esters is 1. The fourth-order valence-electron chi connectivity index (χ4n) is 3.58. The van der Waals surface area contributed by atoms with Crippen molar-refractivity contribution in [2.75, 3.05) is 0 Å². The predicted octanol–water partition coefficient (Wildman–Crippen LogP) is 5.88. The number of hydrogen-bond acceptors (Lipinski definition) is 3. The molecule has 0 aliphatic rings. The maximum absolute atomic E-state index is 13.2. The molecule has 0 aliphatic carbocycles. The Hall–Kier alpha value is -3.06. The zero-order valence-corrected chi connectivity index (χ0v) is 18.0. The molecule has 1 N–H and O–H groups in total. The van der Waals surface area contributed by atoms with Crippen LogP contribution < -0.4 is 0 Å². The summed E-state index contributed by atoms with van der Waals surface area (Å²) in [5.74, 6) is -0.360. The summed E-state index contributed by atoms with van der Waals surface area (Å²) in [7, 11) is 0. The number of nitriles is 1. The maximum atomic E-state index is 13.2. The number of fused-ring (bicyclic) bond motifs is 1. The van der Waals surface area contributed by atoms with Gasteiger partial charge >= 0.3 is 5.97 Å². The second kappa shape index (κ2) is 7.40. The van der Waals surface area contributed by atoms with Gasteiger partial charge in [-0.3, -0.25) is 0 Å². The fraction of sp³-hybridized carbons (Fsp3) is 0.360. The zero-order chi connectivity index (χ0) is 21.4. The van der Waals surface area contributed by atoms with Crippen LogP contribution in [0.2, 0.25) is 0 Å². The van der Waals surface area contributed by atoms with Gasteiger partial charge in [0.1, 0.15) is 5.60 Å². The van der Waals surface area contributed by atoms with E-state index < -0.39 is 11.0 Å². The molecular formula is C25H28N2O2. The van der Waals surface area contributed by atoms with Gasteiger partial charge in [0.25, 0.3) is 0 Å². The Bertz CT molecular complexity index is 1090. The first-order valence-electron chi connectivity index (χ1n) is 9.96. The van der Waals surface area contributed by atoms with Crippen molar-refractivity contribution in [3.8, 4) is 6.07 Å². The van der Waals surface area contributed by atoms with Crippen LogP contribution in [-0.4, -0.2) is 16.6 Å². The van der Waals surface area contributed by atoms with Gasteiger partial charge in [0, 0.05) is 22.0 Å². The molecule has 0 radical (unpaired) electrons. The SMILES string of the molecule is CCc1ccc(C(C)(C)c2[nH]c3cc(C#N)ccc3c2C(=O)OC(C)(C)C)cc1. The van der Waals surface area contributed by atoms with Gasteiger partial charge in [0.15, 0.2) is 0 Å². The Morgan fingerprint density at radius 1 is 1.07 bits per heavy atom. The van der Waals surface area contributed by atoms with Gasteiger partial charge in [-0.2, -0.15) is 5.26 Å². The van der Waals surface area contributed by atoms with Crippen molar-refractivity contribution in [3.63, 3.8) is 0 Å². The third-order valence-corrected chi connectivity index (χ3v) is 5.24. The number of aryl methyl sites for hydroxylation is 1. The minimum absolute atomic E-state index is 0.360. The summed E-state index contributed by atoms with van der Waals surface area (Å²) >= 11 is 0. The van der Waals surface area contributed by atoms with E-state index in [9.17, 15) is 10.1 Å². The monoisotopic (exact) mass is 388 g/mol. The van der Waals surface area contributed by atoms with Gasteiger partial charge in [-0.15, -0.1) is 0 Å². The van der Waals surface area contributed by atoms with Crippen molar-refractivity contribution >= 4 is 16.9 Å². The Balaban J connectivity index is 2.22. The lowest BCUT2D eigenvalue weighted by molar-refractivity contribution is 0.00696. The minimum atomic E-state index is -0.600. The molecule has 29 heavy (non-hydrogen) atoms. The van der Waals surface area contributed by atoms with E-state index in [0.717, 1.165) is 28.6 Å². The van der Waals surface area contributed by atoms with Crippen LogP contribution in [0.3, 0.4) is 0 Å². The topological polar surface area (TPSA) is 65.9 Å². The predicted molar refractivity (Wildman–Crippen MR) is 116 cm³/mol. The molecule has 1 aromatic heterocycles. The molecule has 2 aromatic carbocycles. The van der Waals surface area contributed by atoms with E-state index in [-0.39, 0.29) is 5.97 Å². The highest BCUT2D eigenvalue weighted by Crippen LogP contribution is 2.38. The summed E-state index contributed by atoms with van der Waals surface area (Å²) in [5, 5.41) is 10.0. The number of rotatable bonds is 4. The van der Waals surface area contributed by atoms with Crippen LogP contribution in [0.4, 0.5) is 0 Å². The van der Waals surface area contributed by atoms with Crippen LogP contribution in [0.25, 0.3) is 10.9 Å². The van der Waals surface area contributed by atoms with Crippen LogP contribution in [-0.2, 0) is 16.6 Å². The average molecular weight is 389 g/mol. The molecule has 0 bridgehead atoms. The Kier molecular flexibility index (Phi) is 5.28. The number of aromatic amines is 1. The number of hydrogen-bond donors (Lipinski definition) is 1. The molecule has 0 unspecified atom stereocenters. The smallest absolute Gasteiger partial charge is 0.341 e. The summed E-state index contributed by atoms with van der Waals surface area (Å²) in [5.41, 5.74) is 3.95. The molecule has 0 atom stereocenters. The number of nitrogens with one attached hydrogen (secondary N) is 1. The van der Waals surface area contributed by atoms with Crippen molar-refractivity contribution in [2.24, 2.45) is 0 Å². The number of aromatic nitrogens is 1. The van der Waals surface area contributed by atoms with Crippen LogP contribution in [0.5, 0.6) is 0 Å². The van der Waals surface area contributed by atoms with E-state index in [1.54, 1.807) is 12.1 Å². The number of carbonyl (C=O) groups is 1. The molecule has 0 spiro atoms. The Labute approximate surface area is 172 Å². The van der Waals surface area contributed by atoms with Gasteiger partial charge < -0.3 is 9.72 Å². The van der Waals surface area contributed by atoms with E-state index >= 15 is 0 Å². The standard InChI is InChI=1S/C25H28N2O2/c1-7-16-8-11-18(12-9-16)25(5,6)22-21(23(28)29-24(2,3)4)19-13-10-17(15-26)14-20(19)27-22/h8-14,27H,7H2,1-6H3. The van der Waals surface area contributed by atoms with Crippen molar-refractivity contribution in [3.05, 3.63) is 70.4 Å². The summed E-state index contributed by atoms with van der Waals surface area (Å²) in [4.78, 5) is 16.6. The summed E-state index contributed by atoms with van der Waals surface area (Å²) in [6.07, 6.45) is 0.979. The molecule has 150 valence electrons. The molecule has 3 rings (SSSR count). The van der Waals surface area contributed by atoms with Crippen molar-refractivity contribution in [1.82, 2.24) is 4.98 Å². The number of H-pyrrole nitrogens is 1. The Morgan fingerprint density at radius 3 is 2.28 bits per heavy atom. The second-order valence-electron chi connectivity index (χ2n) is 8.92. The van der Waals surface area contributed by atoms with Gasteiger partial charge in [-0.25, -0.2) is 4.79 Å². The molecule has 4 heteroatoms. The van der Waals surface area contributed by atoms with Crippen molar-refractivity contribution < 1.29 is 9.53 Å². The molecule has 0 saturated heterocycles. The number of ether oxygens (including phenoxy) is 1. The Morgan fingerprint density at radius 2 is 1.72 bits per heavy atom. The third kappa shape index (κ3) is 4.05. The van der Waals surface area contributed by atoms with Crippen LogP contribution >= 0.6 is 0 Å². The molecule has 1 heterocycles. The fourth-order valence-corrected chi connectivity index (χ4v) is 3.58. The molecule has 3 aromatic rings. The summed E-state index contributed by atoms with van der Waals surface area (Å²) in [6, 6.07) is 16.0. The van der Waals surface area contributed by atoms with Crippen LogP contribution in [0.15, 0.2) is 42.5 Å². The first kappa shape index (κ1) is 20.7. The third-order valence-electron chi connectivity index (χ3n) is 5.24. The summed E-state index contributed by atoms with van der Waals surface area (Å²) in [6.45, 7) is 11.9. The average Bonchev–Trinajstić information content (AvgIpc) is 3.06. The highest BCUT2D eigenvalue weighted by molar-refractivity contribution is 6.06. The van der Waals surface area contributed by atoms with Gasteiger partial charge in [0.05, 0.1) is 17.2 Å². The normalized spacial score (nSPS) is 12.0. The van der Waals surface area contributed by atoms with E-state index in [4.69, 9.17) is 4.74 Å². The van der Waals surface area contributed by atoms with E-state index in [0.29, 0.717) is 11.1 Å². The lowest BCUT2D eigenvalue weighted by atomic mass is 9.79. The second-order valence-corrected chi connectivity index (χ2v) is 8.92. The van der Waals surface area contributed by atoms with Gasteiger partial charge in [0.2, 0.25) is 0 Å². The molecule has 4 nitrogen and oxygen atoms in total. The highest BCUT2D eigenvalue weighted by atomic mass is 16.6. The number of carbonyl (C=O) groups excluding carboxylic acids is 1. The molecule has 0 amide bonds. The number of benzene rings is 2. The molecule has 0 saturated carbocycles. The lowest BCUT2D eigenvalue weighted by Gasteiger charge is -2.27. The van der Waals surface area contributed by atoms with Crippen molar-refractivity contribution in [1.29, 1.82) is 5.26 Å². The first-order chi connectivity index (χ1) is 13.6. The summed E-state index contributed by atoms with van der Waals surface area (Å²) < 4.78 is 5.73. The molecule has 0 fully saturated rings. The van der Waals surface area contributed by atoms with Crippen LogP contribution in [0.1, 0.15) is 74.3 Å². The maximum Gasteiger partial charge on any atom is 0.341 e.